The van der Waals surface area contributed by atoms with Gasteiger partial charge in [-0.15, -0.1) is 0 Å². The molecule has 0 aliphatic carbocycles. The average Bonchev–Trinajstić information content (AvgIpc) is 2.45. The van der Waals surface area contributed by atoms with Gasteiger partial charge in [0.15, 0.2) is 0 Å². The molecular formula is C15H22Cl2N2. The molecule has 1 aliphatic heterocycles. The molecule has 1 heterocycles. The van der Waals surface area contributed by atoms with E-state index >= 15 is 0 Å². The zero-order chi connectivity index (χ0) is 13.8. The Morgan fingerprint density at radius 2 is 2.00 bits per heavy atom. The monoisotopic (exact) mass is 300 g/mol. The van der Waals surface area contributed by atoms with Gasteiger partial charge >= 0.3 is 0 Å². The fraction of sp³-hybridized carbons (Fsp3) is 0.600. The Bertz CT molecular complexity index is 415. The van der Waals surface area contributed by atoms with Gasteiger partial charge < -0.3 is 10.6 Å². The Hall–Kier alpha value is -0.280. The van der Waals surface area contributed by atoms with E-state index in [1.54, 1.807) is 0 Å². The van der Waals surface area contributed by atoms with Crippen LogP contribution in [0.3, 0.4) is 0 Å². The summed E-state index contributed by atoms with van der Waals surface area (Å²) < 4.78 is 0. The Kier molecular flexibility index (Phi) is 5.52. The molecule has 0 bridgehead atoms. The molecular weight excluding hydrogens is 279 g/mol. The molecule has 2 N–H and O–H groups in total. The minimum absolute atomic E-state index is 0.324. The van der Waals surface area contributed by atoms with E-state index in [0.717, 1.165) is 25.2 Å². The molecule has 0 spiro atoms. The third-order valence-corrected chi connectivity index (χ3v) is 5.12. The van der Waals surface area contributed by atoms with Crippen LogP contribution in [0, 0.1) is 5.92 Å². The molecule has 2 rings (SSSR count). The van der Waals surface area contributed by atoms with Crippen molar-refractivity contribution in [2.45, 2.75) is 25.7 Å². The minimum atomic E-state index is 0.324. The van der Waals surface area contributed by atoms with Gasteiger partial charge in [-0.05, 0) is 56.6 Å². The first-order valence-corrected chi connectivity index (χ1v) is 7.79. The third kappa shape index (κ3) is 3.43. The number of rotatable bonds is 4. The molecule has 19 heavy (non-hydrogen) atoms. The minimum Gasteiger partial charge on any atom is -0.330 e. The van der Waals surface area contributed by atoms with Gasteiger partial charge in [-0.2, -0.15) is 0 Å². The number of piperidine rings is 1. The van der Waals surface area contributed by atoms with Gasteiger partial charge in [-0.1, -0.05) is 42.3 Å². The highest BCUT2D eigenvalue weighted by Crippen LogP contribution is 2.37. The fourth-order valence-electron chi connectivity index (χ4n) is 3.05. The summed E-state index contributed by atoms with van der Waals surface area (Å²) in [6.07, 6.45) is 2.39. The van der Waals surface area contributed by atoms with Gasteiger partial charge in [0.2, 0.25) is 0 Å². The summed E-state index contributed by atoms with van der Waals surface area (Å²) in [6, 6.07) is 5.87. The predicted octanol–water partition coefficient (Wildman–Crippen LogP) is 3.77. The van der Waals surface area contributed by atoms with Crippen LogP contribution >= 0.6 is 23.2 Å². The molecule has 1 aromatic rings. The lowest BCUT2D eigenvalue weighted by Gasteiger charge is -2.35. The molecule has 0 radical (unpaired) electrons. The molecule has 2 nitrogen and oxygen atoms in total. The quantitative estimate of drug-likeness (QED) is 0.917. The van der Waals surface area contributed by atoms with E-state index < -0.39 is 0 Å². The van der Waals surface area contributed by atoms with E-state index in [0.29, 0.717) is 28.4 Å². The molecule has 4 heteroatoms. The maximum atomic E-state index is 6.34. The van der Waals surface area contributed by atoms with Crippen LogP contribution in [-0.2, 0) is 0 Å². The van der Waals surface area contributed by atoms with Crippen molar-refractivity contribution in [1.29, 1.82) is 0 Å². The smallest absolute Gasteiger partial charge is 0.0627 e. The van der Waals surface area contributed by atoms with Gasteiger partial charge in [0, 0.05) is 5.92 Å². The van der Waals surface area contributed by atoms with Crippen molar-refractivity contribution in [3.05, 3.63) is 33.8 Å². The summed E-state index contributed by atoms with van der Waals surface area (Å²) in [6.45, 7) is 6.31. The molecule has 1 fully saturated rings. The summed E-state index contributed by atoms with van der Waals surface area (Å²) in [7, 11) is 0. The molecule has 0 aromatic heterocycles. The lowest BCUT2D eigenvalue weighted by Crippen LogP contribution is -2.37. The Balaban J connectivity index is 2.14. The lowest BCUT2D eigenvalue weighted by molar-refractivity contribution is 0.176. The van der Waals surface area contributed by atoms with E-state index in [-0.39, 0.29) is 0 Å². The predicted molar refractivity (Wildman–Crippen MR) is 83.1 cm³/mol. The SMILES string of the molecule is CCN1CCC(C(CN)c2cccc(Cl)c2Cl)CC1. The summed E-state index contributed by atoms with van der Waals surface area (Å²) in [5.41, 5.74) is 7.12. The second-order valence-corrected chi connectivity index (χ2v) is 6.04. The second kappa shape index (κ2) is 6.94. The first-order valence-electron chi connectivity index (χ1n) is 7.03. The zero-order valence-electron chi connectivity index (χ0n) is 11.4. The van der Waals surface area contributed by atoms with Crippen LogP contribution in [0.1, 0.15) is 31.2 Å². The number of hydrogen-bond acceptors (Lipinski definition) is 2. The maximum absolute atomic E-state index is 6.34. The van der Waals surface area contributed by atoms with Gasteiger partial charge in [0.05, 0.1) is 10.0 Å². The van der Waals surface area contributed by atoms with E-state index in [2.05, 4.69) is 17.9 Å². The van der Waals surface area contributed by atoms with Crippen LogP contribution in [0.2, 0.25) is 10.0 Å². The summed E-state index contributed by atoms with van der Waals surface area (Å²) in [5, 5.41) is 1.31. The first kappa shape index (κ1) is 15.1. The largest absolute Gasteiger partial charge is 0.330 e. The highest BCUT2D eigenvalue weighted by molar-refractivity contribution is 6.42. The van der Waals surface area contributed by atoms with Crippen molar-refractivity contribution in [3.63, 3.8) is 0 Å². The van der Waals surface area contributed by atoms with Crippen LogP contribution in [0.4, 0.5) is 0 Å². The fourth-order valence-corrected chi connectivity index (χ4v) is 3.50. The van der Waals surface area contributed by atoms with Crippen molar-refractivity contribution in [2.24, 2.45) is 11.7 Å². The first-order chi connectivity index (χ1) is 9.17. The van der Waals surface area contributed by atoms with Crippen molar-refractivity contribution in [2.75, 3.05) is 26.2 Å². The van der Waals surface area contributed by atoms with Crippen molar-refractivity contribution >= 4 is 23.2 Å². The van der Waals surface area contributed by atoms with E-state index in [1.165, 1.54) is 12.8 Å². The lowest BCUT2D eigenvalue weighted by atomic mass is 9.80. The number of nitrogens with zero attached hydrogens (tertiary/aromatic N) is 1. The van der Waals surface area contributed by atoms with E-state index in [4.69, 9.17) is 28.9 Å². The molecule has 0 saturated carbocycles. The van der Waals surface area contributed by atoms with Crippen LogP contribution in [-0.4, -0.2) is 31.1 Å². The van der Waals surface area contributed by atoms with E-state index in [9.17, 15) is 0 Å². The second-order valence-electron chi connectivity index (χ2n) is 5.26. The number of halogens is 2. The van der Waals surface area contributed by atoms with Crippen LogP contribution in [0.25, 0.3) is 0 Å². The van der Waals surface area contributed by atoms with Gasteiger partial charge in [-0.25, -0.2) is 0 Å². The van der Waals surface area contributed by atoms with Crippen molar-refractivity contribution < 1.29 is 0 Å². The van der Waals surface area contributed by atoms with Gasteiger partial charge in [0.25, 0.3) is 0 Å². The summed E-state index contributed by atoms with van der Waals surface area (Å²) in [4.78, 5) is 2.49. The highest BCUT2D eigenvalue weighted by Gasteiger charge is 2.27. The van der Waals surface area contributed by atoms with Crippen LogP contribution in [0.15, 0.2) is 18.2 Å². The average molecular weight is 301 g/mol. The normalized spacial score (nSPS) is 19.6. The molecule has 1 unspecified atom stereocenters. The Labute approximate surface area is 125 Å². The van der Waals surface area contributed by atoms with Crippen LogP contribution in [0.5, 0.6) is 0 Å². The summed E-state index contributed by atoms with van der Waals surface area (Å²) in [5.74, 6) is 0.939. The molecule has 0 amide bonds. The summed E-state index contributed by atoms with van der Waals surface area (Å²) >= 11 is 12.5. The maximum Gasteiger partial charge on any atom is 0.0627 e. The number of benzene rings is 1. The van der Waals surface area contributed by atoms with Gasteiger partial charge in [-0.3, -0.25) is 0 Å². The number of hydrogen-bond donors (Lipinski definition) is 1. The Morgan fingerprint density at radius 3 is 2.58 bits per heavy atom. The molecule has 106 valence electrons. The molecule has 1 atom stereocenters. The molecule has 1 aromatic carbocycles. The Morgan fingerprint density at radius 1 is 1.32 bits per heavy atom. The molecule has 1 aliphatic rings. The van der Waals surface area contributed by atoms with Gasteiger partial charge in [0.1, 0.15) is 0 Å². The standard InChI is InChI=1S/C15H22Cl2N2/c1-2-19-8-6-11(7-9-19)13(10-18)12-4-3-5-14(16)15(12)17/h3-5,11,13H,2,6-10,18H2,1H3. The van der Waals surface area contributed by atoms with E-state index in [1.807, 2.05) is 12.1 Å². The van der Waals surface area contributed by atoms with Crippen molar-refractivity contribution in [3.8, 4) is 0 Å². The van der Waals surface area contributed by atoms with Crippen molar-refractivity contribution in [1.82, 2.24) is 4.90 Å². The third-order valence-electron chi connectivity index (χ3n) is 4.28. The highest BCUT2D eigenvalue weighted by atomic mass is 35.5. The number of nitrogens with two attached hydrogens (primary N) is 1. The van der Waals surface area contributed by atoms with Crippen LogP contribution < -0.4 is 5.73 Å². The molecule has 1 saturated heterocycles. The zero-order valence-corrected chi connectivity index (χ0v) is 12.9. The number of likely N-dealkylation sites (tertiary alicyclic amines) is 1. The topological polar surface area (TPSA) is 29.3 Å².